The number of nitrogen functional groups attached to an aromatic ring is 1. The van der Waals surface area contributed by atoms with Gasteiger partial charge in [0, 0.05) is 0 Å². The highest BCUT2D eigenvalue weighted by atomic mass is 79.9. The van der Waals surface area contributed by atoms with Crippen molar-refractivity contribution in [1.82, 2.24) is 15.7 Å². The minimum Gasteiger partial charge on any atom is -0.506 e. The highest BCUT2D eigenvalue weighted by Gasteiger charge is 2.14. The number of hydrogen-bond donors (Lipinski definition) is 3. The number of carbonyl (C=O) groups excluding carboxylic acids is 1. The molecular weight excluding hydrogens is 398 g/mol. The summed E-state index contributed by atoms with van der Waals surface area (Å²) in [5.74, 6) is -0.683. The lowest BCUT2D eigenvalue weighted by molar-refractivity contribution is 0.0946. The standard InChI is InChI=1S/C10H7Br2N5O3/c11-5-1-4(2-6(12)8(5)18)3-14-15-10(19)7-9(13)17-20-16-7/h1-3,18H,(H2,13,17)(H,15,19). The first-order valence-electron chi connectivity index (χ1n) is 5.08. The van der Waals surface area contributed by atoms with Crippen LogP contribution in [0, 0.1) is 0 Å². The van der Waals surface area contributed by atoms with Gasteiger partial charge in [-0.05, 0) is 59.9 Å². The smallest absolute Gasteiger partial charge is 0.297 e. The molecule has 2 aromatic rings. The molecule has 0 aliphatic rings. The van der Waals surface area contributed by atoms with Gasteiger partial charge in [0.1, 0.15) is 5.75 Å². The molecule has 0 bridgehead atoms. The quantitative estimate of drug-likeness (QED) is 0.527. The fraction of sp³-hybridized carbons (Fsp3) is 0. The van der Waals surface area contributed by atoms with Crippen molar-refractivity contribution in [3.8, 4) is 5.75 Å². The van der Waals surface area contributed by atoms with E-state index < -0.39 is 5.91 Å². The minimum absolute atomic E-state index is 0.0765. The number of aromatic nitrogens is 2. The van der Waals surface area contributed by atoms with Crippen LogP contribution >= 0.6 is 31.9 Å². The summed E-state index contributed by atoms with van der Waals surface area (Å²) in [6.07, 6.45) is 1.39. The summed E-state index contributed by atoms with van der Waals surface area (Å²) in [7, 11) is 0. The summed E-state index contributed by atoms with van der Waals surface area (Å²) in [5.41, 5.74) is 8.09. The average molecular weight is 405 g/mol. The van der Waals surface area contributed by atoms with Crippen molar-refractivity contribution in [3.05, 3.63) is 32.3 Å². The third-order valence-corrected chi connectivity index (χ3v) is 3.36. The van der Waals surface area contributed by atoms with Gasteiger partial charge in [-0.1, -0.05) is 0 Å². The number of amides is 1. The van der Waals surface area contributed by atoms with Gasteiger partial charge >= 0.3 is 0 Å². The minimum atomic E-state index is -0.642. The average Bonchev–Trinajstić information content (AvgIpc) is 2.82. The topological polar surface area (TPSA) is 127 Å². The summed E-state index contributed by atoms with van der Waals surface area (Å²) in [6, 6.07) is 3.25. The second-order valence-electron chi connectivity index (χ2n) is 3.53. The van der Waals surface area contributed by atoms with E-state index in [-0.39, 0.29) is 17.3 Å². The van der Waals surface area contributed by atoms with Crippen molar-refractivity contribution in [1.29, 1.82) is 0 Å². The highest BCUT2D eigenvalue weighted by molar-refractivity contribution is 9.11. The Morgan fingerprint density at radius 2 is 2.05 bits per heavy atom. The predicted octanol–water partition coefficient (Wildman–Crippen LogP) is 1.65. The van der Waals surface area contributed by atoms with Gasteiger partial charge in [0.15, 0.2) is 0 Å². The Bertz CT molecular complexity index is 662. The molecule has 0 radical (unpaired) electrons. The Morgan fingerprint density at radius 1 is 1.40 bits per heavy atom. The molecule has 0 spiro atoms. The van der Waals surface area contributed by atoms with Gasteiger partial charge in [-0.2, -0.15) is 5.10 Å². The molecule has 1 aromatic carbocycles. The lowest BCUT2D eigenvalue weighted by Gasteiger charge is -2.01. The number of aromatic hydroxyl groups is 1. The van der Waals surface area contributed by atoms with Crippen LogP contribution in [-0.4, -0.2) is 27.5 Å². The molecule has 0 saturated carbocycles. The van der Waals surface area contributed by atoms with Gasteiger partial charge in [-0.15, -0.1) is 0 Å². The molecule has 0 aliphatic heterocycles. The van der Waals surface area contributed by atoms with Crippen molar-refractivity contribution < 1.29 is 14.5 Å². The van der Waals surface area contributed by atoms with E-state index in [1.165, 1.54) is 6.21 Å². The fourth-order valence-electron chi connectivity index (χ4n) is 1.23. The number of halogens is 2. The van der Waals surface area contributed by atoms with Gasteiger partial charge in [0.2, 0.25) is 11.5 Å². The summed E-state index contributed by atoms with van der Waals surface area (Å²) in [5, 5.41) is 19.9. The molecule has 1 aromatic heterocycles. The maximum atomic E-state index is 11.6. The summed E-state index contributed by atoms with van der Waals surface area (Å²) >= 11 is 6.37. The van der Waals surface area contributed by atoms with Crippen LogP contribution in [0.4, 0.5) is 5.82 Å². The van der Waals surface area contributed by atoms with E-state index in [1.54, 1.807) is 12.1 Å². The van der Waals surface area contributed by atoms with E-state index in [4.69, 9.17) is 5.73 Å². The Hall–Kier alpha value is -1.94. The molecule has 4 N–H and O–H groups in total. The van der Waals surface area contributed by atoms with Gasteiger partial charge in [0.25, 0.3) is 5.91 Å². The van der Waals surface area contributed by atoms with Crippen molar-refractivity contribution >= 4 is 49.8 Å². The third kappa shape index (κ3) is 3.14. The largest absolute Gasteiger partial charge is 0.506 e. The fourth-order valence-corrected chi connectivity index (χ4v) is 2.45. The molecule has 0 fully saturated rings. The molecule has 10 heteroatoms. The number of nitrogens with zero attached hydrogens (tertiary/aromatic N) is 3. The number of nitrogens with one attached hydrogen (secondary N) is 1. The number of anilines is 1. The lowest BCUT2D eigenvalue weighted by Crippen LogP contribution is -2.19. The molecule has 20 heavy (non-hydrogen) atoms. The number of hydrogen-bond acceptors (Lipinski definition) is 7. The number of phenols is 1. The van der Waals surface area contributed by atoms with Crippen molar-refractivity contribution in [2.75, 3.05) is 5.73 Å². The summed E-state index contributed by atoms with van der Waals surface area (Å²) < 4.78 is 5.28. The number of hydrazone groups is 1. The molecule has 1 heterocycles. The number of nitrogens with two attached hydrogens (primary N) is 1. The third-order valence-electron chi connectivity index (χ3n) is 2.15. The van der Waals surface area contributed by atoms with Gasteiger partial charge < -0.3 is 10.8 Å². The van der Waals surface area contributed by atoms with Gasteiger partial charge in [-0.3, -0.25) is 4.79 Å². The molecule has 2 rings (SSSR count). The molecule has 0 unspecified atom stereocenters. The molecule has 0 aliphatic carbocycles. The molecular formula is C10H7Br2N5O3. The summed E-state index contributed by atoms with van der Waals surface area (Å²) in [4.78, 5) is 11.6. The molecule has 0 atom stereocenters. The van der Waals surface area contributed by atoms with E-state index in [9.17, 15) is 9.90 Å². The van der Waals surface area contributed by atoms with Crippen LogP contribution in [0.15, 0.2) is 30.8 Å². The molecule has 1 amide bonds. The van der Waals surface area contributed by atoms with Gasteiger partial charge in [0.05, 0.1) is 15.2 Å². The Labute approximate surface area is 129 Å². The molecule has 8 nitrogen and oxygen atoms in total. The summed E-state index contributed by atoms with van der Waals surface area (Å²) in [6.45, 7) is 0. The van der Waals surface area contributed by atoms with Crippen LogP contribution in [0.2, 0.25) is 0 Å². The SMILES string of the molecule is Nc1nonc1C(=O)NN=Cc1cc(Br)c(O)c(Br)c1. The molecule has 0 saturated heterocycles. The van der Waals surface area contributed by atoms with Gasteiger partial charge in [-0.25, -0.2) is 10.1 Å². The van der Waals surface area contributed by atoms with Crippen LogP contribution in [0.3, 0.4) is 0 Å². The van der Waals surface area contributed by atoms with Crippen LogP contribution in [0.1, 0.15) is 16.1 Å². The zero-order valence-electron chi connectivity index (χ0n) is 9.67. The van der Waals surface area contributed by atoms with Crippen molar-refractivity contribution in [2.45, 2.75) is 0 Å². The lowest BCUT2D eigenvalue weighted by atomic mass is 10.2. The van der Waals surface area contributed by atoms with E-state index in [0.29, 0.717) is 14.5 Å². The van der Waals surface area contributed by atoms with Crippen LogP contribution < -0.4 is 11.2 Å². The second-order valence-corrected chi connectivity index (χ2v) is 5.24. The molecule has 104 valence electrons. The number of benzene rings is 1. The number of phenolic OH excluding ortho intramolecular Hbond substituents is 1. The van der Waals surface area contributed by atoms with E-state index in [2.05, 4.69) is 57.3 Å². The Kier molecular flexibility index (Phi) is 4.35. The first kappa shape index (κ1) is 14.5. The Morgan fingerprint density at radius 3 is 2.60 bits per heavy atom. The zero-order valence-corrected chi connectivity index (χ0v) is 12.8. The van der Waals surface area contributed by atoms with E-state index in [1.807, 2.05) is 0 Å². The van der Waals surface area contributed by atoms with Crippen LogP contribution in [-0.2, 0) is 0 Å². The van der Waals surface area contributed by atoms with E-state index >= 15 is 0 Å². The van der Waals surface area contributed by atoms with Crippen LogP contribution in [0.5, 0.6) is 5.75 Å². The number of rotatable bonds is 3. The second kappa shape index (κ2) is 6.01. The maximum Gasteiger partial charge on any atom is 0.297 e. The Balaban J connectivity index is 2.08. The zero-order chi connectivity index (χ0) is 14.7. The maximum absolute atomic E-state index is 11.6. The first-order chi connectivity index (χ1) is 9.49. The normalized spacial score (nSPS) is 10.9. The predicted molar refractivity (Wildman–Crippen MR) is 77.3 cm³/mol. The first-order valence-corrected chi connectivity index (χ1v) is 6.67. The van der Waals surface area contributed by atoms with Crippen LogP contribution in [0.25, 0.3) is 0 Å². The van der Waals surface area contributed by atoms with Crippen molar-refractivity contribution in [2.24, 2.45) is 5.10 Å². The monoisotopic (exact) mass is 403 g/mol. The van der Waals surface area contributed by atoms with Crippen molar-refractivity contribution in [3.63, 3.8) is 0 Å². The van der Waals surface area contributed by atoms with E-state index in [0.717, 1.165) is 0 Å². The highest BCUT2D eigenvalue weighted by Crippen LogP contribution is 2.32. The number of carbonyl (C=O) groups is 1.